The van der Waals surface area contributed by atoms with Crippen molar-refractivity contribution >= 4 is 34.0 Å². The number of aromatic nitrogens is 2. The Bertz CT molecular complexity index is 1200. The molecule has 5 N–H and O–H groups in total. The van der Waals surface area contributed by atoms with Gasteiger partial charge in [-0.05, 0) is 42.8 Å². The molecular formula is C23H27FN8O. The number of amides is 1. The summed E-state index contributed by atoms with van der Waals surface area (Å²) in [6.07, 6.45) is 4.57. The number of hydrogen-bond acceptors (Lipinski definition) is 8. The lowest BCUT2D eigenvalue weighted by Crippen LogP contribution is -2.44. The van der Waals surface area contributed by atoms with Crippen molar-refractivity contribution in [1.82, 2.24) is 19.9 Å². The normalized spacial score (nSPS) is 15.0. The Morgan fingerprint density at radius 3 is 2.64 bits per heavy atom. The van der Waals surface area contributed by atoms with Crippen LogP contribution in [0.4, 0.5) is 16.0 Å². The molecule has 1 aliphatic rings. The zero-order valence-electron chi connectivity index (χ0n) is 18.6. The zero-order chi connectivity index (χ0) is 23.5. The number of anilines is 2. The van der Waals surface area contributed by atoms with Crippen LogP contribution in [0.2, 0.25) is 0 Å². The lowest BCUT2D eigenvalue weighted by molar-refractivity contribution is 0.102. The minimum absolute atomic E-state index is 0.190. The van der Waals surface area contributed by atoms with E-state index in [1.165, 1.54) is 23.5 Å². The first-order chi connectivity index (χ1) is 15.8. The summed E-state index contributed by atoms with van der Waals surface area (Å²) >= 11 is 0. The van der Waals surface area contributed by atoms with Gasteiger partial charge in [-0.15, -0.1) is 0 Å². The molecule has 1 fully saturated rings. The molecule has 9 nitrogen and oxygen atoms in total. The molecule has 0 spiro atoms. The molecule has 10 heteroatoms. The molecule has 172 valence electrons. The number of fused-ring (bicyclic) bond motifs is 1. The van der Waals surface area contributed by atoms with E-state index >= 15 is 0 Å². The molecule has 0 saturated carbocycles. The van der Waals surface area contributed by atoms with Crippen LogP contribution < -0.4 is 21.8 Å². The van der Waals surface area contributed by atoms with Crippen molar-refractivity contribution < 1.29 is 9.18 Å². The number of nitrogens with two attached hydrogens (primary N) is 2. The van der Waals surface area contributed by atoms with Crippen LogP contribution in [0.15, 0.2) is 48.9 Å². The highest BCUT2D eigenvalue weighted by Crippen LogP contribution is 2.24. The van der Waals surface area contributed by atoms with Crippen molar-refractivity contribution in [2.24, 2.45) is 11.6 Å². The maximum Gasteiger partial charge on any atom is 0.257 e. The first-order valence-electron chi connectivity index (χ1n) is 10.6. The Morgan fingerprint density at radius 2 is 1.91 bits per heavy atom. The monoisotopic (exact) mass is 450 g/mol. The Morgan fingerprint density at radius 1 is 1.15 bits per heavy atom. The molecule has 2 aromatic heterocycles. The van der Waals surface area contributed by atoms with Gasteiger partial charge in [-0.1, -0.05) is 0 Å². The number of nitrogens with one attached hydrogen (secondary N) is 1. The van der Waals surface area contributed by atoms with Gasteiger partial charge in [0.25, 0.3) is 5.91 Å². The number of hydrogen-bond donors (Lipinski definition) is 3. The molecule has 1 amide bonds. The second-order valence-corrected chi connectivity index (χ2v) is 8.15. The predicted molar refractivity (Wildman–Crippen MR) is 128 cm³/mol. The second-order valence-electron chi connectivity index (χ2n) is 8.15. The predicted octanol–water partition coefficient (Wildman–Crippen LogP) is 1.84. The number of hydrazine groups is 1. The number of nitrogens with zero attached hydrogens (tertiary/aromatic N) is 5. The molecule has 0 aliphatic carbocycles. The van der Waals surface area contributed by atoms with E-state index in [2.05, 4.69) is 32.1 Å². The van der Waals surface area contributed by atoms with Gasteiger partial charge in [0.05, 0.1) is 5.70 Å². The van der Waals surface area contributed by atoms with Crippen LogP contribution in [-0.2, 0) is 0 Å². The fourth-order valence-electron chi connectivity index (χ4n) is 3.70. The first kappa shape index (κ1) is 22.4. The lowest BCUT2D eigenvalue weighted by atomic mass is 10.1. The van der Waals surface area contributed by atoms with Crippen molar-refractivity contribution in [3.8, 4) is 0 Å². The van der Waals surface area contributed by atoms with Crippen LogP contribution in [0.5, 0.6) is 0 Å². The topological polar surface area (TPSA) is 117 Å². The van der Waals surface area contributed by atoms with Gasteiger partial charge < -0.3 is 25.9 Å². The molecule has 0 unspecified atom stereocenters. The van der Waals surface area contributed by atoms with Crippen molar-refractivity contribution in [3.63, 3.8) is 0 Å². The summed E-state index contributed by atoms with van der Waals surface area (Å²) in [4.78, 5) is 26.0. The number of piperazine rings is 1. The van der Waals surface area contributed by atoms with E-state index in [4.69, 9.17) is 11.6 Å². The largest absolute Gasteiger partial charge is 0.397 e. The summed E-state index contributed by atoms with van der Waals surface area (Å²) in [5.74, 6) is 5.92. The van der Waals surface area contributed by atoms with Crippen LogP contribution in [0.1, 0.15) is 15.9 Å². The van der Waals surface area contributed by atoms with Crippen LogP contribution in [0.25, 0.3) is 16.5 Å². The highest BCUT2D eigenvalue weighted by Gasteiger charge is 2.17. The highest BCUT2D eigenvalue weighted by atomic mass is 19.1. The van der Waals surface area contributed by atoms with Gasteiger partial charge >= 0.3 is 0 Å². The molecule has 4 rings (SSSR count). The number of carbonyl (C=O) groups excluding carboxylic acids is 1. The minimum atomic E-state index is -0.482. The van der Waals surface area contributed by atoms with E-state index in [9.17, 15) is 9.18 Å². The van der Waals surface area contributed by atoms with Crippen molar-refractivity contribution in [2.75, 3.05) is 50.5 Å². The maximum atomic E-state index is 14.5. The van der Waals surface area contributed by atoms with E-state index in [1.54, 1.807) is 37.5 Å². The average molecular weight is 451 g/mol. The zero-order valence-corrected chi connectivity index (χ0v) is 18.6. The molecule has 1 aromatic carbocycles. The van der Waals surface area contributed by atoms with Gasteiger partial charge in [0, 0.05) is 68.3 Å². The molecule has 0 bridgehead atoms. The number of carbonyl (C=O) groups is 1. The van der Waals surface area contributed by atoms with Gasteiger partial charge in [-0.2, -0.15) is 0 Å². The van der Waals surface area contributed by atoms with Gasteiger partial charge in [-0.25, -0.2) is 20.2 Å². The second kappa shape index (κ2) is 9.39. The number of pyridine rings is 2. The third-order valence-corrected chi connectivity index (χ3v) is 5.54. The fraction of sp³-hybridized carbons (Fsp3) is 0.261. The fourth-order valence-corrected chi connectivity index (χ4v) is 3.70. The molecule has 0 radical (unpaired) electrons. The standard InChI is InChI=1S/C23H27FN8O/c1-30-5-7-32(8-6-30)22-12-15(3-4-27-22)23(33)29-21-11-16-9-18(20(25)14-31(2)26)19(24)10-17(16)13-28-21/h3-4,9-14H,5-8,25-26H2,1-2H3,(H,28,29,33)/b20-14-. The van der Waals surface area contributed by atoms with Gasteiger partial charge in [0.2, 0.25) is 0 Å². The number of rotatable bonds is 5. The first-order valence-corrected chi connectivity index (χ1v) is 10.6. The molecule has 1 saturated heterocycles. The quantitative estimate of drug-likeness (QED) is 0.398. The minimum Gasteiger partial charge on any atom is -0.397 e. The summed E-state index contributed by atoms with van der Waals surface area (Å²) in [5.41, 5.74) is 6.86. The van der Waals surface area contributed by atoms with Gasteiger partial charge in [-0.3, -0.25) is 4.79 Å². The van der Waals surface area contributed by atoms with E-state index in [1.807, 2.05) is 0 Å². The van der Waals surface area contributed by atoms with Crippen LogP contribution in [0, 0.1) is 5.82 Å². The van der Waals surface area contributed by atoms with E-state index in [0.717, 1.165) is 32.0 Å². The molecule has 3 aromatic rings. The summed E-state index contributed by atoms with van der Waals surface area (Å²) < 4.78 is 14.5. The van der Waals surface area contributed by atoms with E-state index in [-0.39, 0.29) is 17.2 Å². The summed E-state index contributed by atoms with van der Waals surface area (Å²) in [6, 6.07) is 8.08. The molecule has 0 atom stereocenters. The summed E-state index contributed by atoms with van der Waals surface area (Å²) in [7, 11) is 3.68. The molecule has 1 aliphatic heterocycles. The van der Waals surface area contributed by atoms with E-state index < -0.39 is 5.82 Å². The van der Waals surface area contributed by atoms with Crippen molar-refractivity contribution in [1.29, 1.82) is 0 Å². The molecular weight excluding hydrogens is 423 g/mol. The summed E-state index contributed by atoms with van der Waals surface area (Å²) in [5, 5.41) is 5.33. The number of likely N-dealkylation sites (N-methyl/N-ethyl adjacent to an activating group) is 1. The number of benzene rings is 1. The lowest BCUT2D eigenvalue weighted by Gasteiger charge is -2.33. The van der Waals surface area contributed by atoms with E-state index in [0.29, 0.717) is 22.2 Å². The smallest absolute Gasteiger partial charge is 0.257 e. The van der Waals surface area contributed by atoms with Crippen LogP contribution >= 0.6 is 0 Å². The van der Waals surface area contributed by atoms with Crippen LogP contribution in [0.3, 0.4) is 0 Å². The van der Waals surface area contributed by atoms with Crippen molar-refractivity contribution in [2.45, 2.75) is 0 Å². The molecule has 33 heavy (non-hydrogen) atoms. The Labute approximate surface area is 191 Å². The Hall–Kier alpha value is -3.76. The highest BCUT2D eigenvalue weighted by molar-refractivity contribution is 6.05. The maximum absolute atomic E-state index is 14.5. The SMILES string of the molecule is CN(N)/C=C(\N)c1cc2cc(NC(=O)c3ccnc(N4CCN(C)CC4)c3)ncc2cc1F. The van der Waals surface area contributed by atoms with Crippen LogP contribution in [-0.4, -0.2) is 66.1 Å². The Kier molecular flexibility index (Phi) is 6.38. The number of halogens is 1. The molecule has 3 heterocycles. The third kappa shape index (κ3) is 5.18. The van der Waals surface area contributed by atoms with Gasteiger partial charge in [0.1, 0.15) is 17.5 Å². The summed E-state index contributed by atoms with van der Waals surface area (Å²) in [6.45, 7) is 3.61. The van der Waals surface area contributed by atoms with Gasteiger partial charge in [0.15, 0.2) is 0 Å². The Balaban J connectivity index is 1.55. The van der Waals surface area contributed by atoms with Crippen molar-refractivity contribution in [3.05, 3.63) is 65.9 Å². The third-order valence-electron chi connectivity index (χ3n) is 5.54. The average Bonchev–Trinajstić information content (AvgIpc) is 2.79.